The monoisotopic (exact) mass is 542 g/mol. The Morgan fingerprint density at radius 1 is 1.23 bits per heavy atom. The molecule has 0 aliphatic carbocycles. The van der Waals surface area contributed by atoms with E-state index in [1.165, 1.54) is 23.1 Å². The largest absolute Gasteiger partial charge is 0.481 e. The van der Waals surface area contributed by atoms with Crippen molar-refractivity contribution in [3.8, 4) is 0 Å². The van der Waals surface area contributed by atoms with Crippen molar-refractivity contribution in [3.05, 3.63) is 52.1 Å². The highest BCUT2D eigenvalue weighted by Gasteiger charge is 2.32. The molecule has 2 aliphatic heterocycles. The van der Waals surface area contributed by atoms with Crippen molar-refractivity contribution in [1.82, 2.24) is 15.2 Å². The Labute approximate surface area is 223 Å². The summed E-state index contributed by atoms with van der Waals surface area (Å²) in [6, 6.07) is 4.00. The average molecular weight is 543 g/mol. The number of benzene rings is 1. The van der Waals surface area contributed by atoms with Gasteiger partial charge in [0.15, 0.2) is 0 Å². The third-order valence-electron chi connectivity index (χ3n) is 7.10. The zero-order valence-electron chi connectivity index (χ0n) is 21.6. The van der Waals surface area contributed by atoms with Crippen LogP contribution in [0.2, 0.25) is 0 Å². The number of nitrogens with one attached hydrogen (secondary N) is 3. The van der Waals surface area contributed by atoms with Gasteiger partial charge in [0, 0.05) is 48.7 Å². The van der Waals surface area contributed by atoms with Crippen LogP contribution in [0.1, 0.15) is 52.1 Å². The number of H-pyrrole nitrogens is 1. The van der Waals surface area contributed by atoms with Crippen LogP contribution in [-0.2, 0) is 14.4 Å². The standard InChI is InChI=1S/C27H31FN4O7/c1-13-22(10-20-19-7-16(28)3-4-21(19)31-25(20)36)30-14(2)24(13)26(37)29-11-18(34)8-17(33)9-23(35)32-6-5-15(12-32)27(38)39/h3-4,7,10,15,17-18,30,33-34H,5-6,8-9,11-12H2,1-2H3,(H,29,37)(H,31,36)(H,38,39)/b20-10-/t15?,17-,18+/m1/s1. The first-order valence-corrected chi connectivity index (χ1v) is 12.6. The molecule has 1 fully saturated rings. The highest BCUT2D eigenvalue weighted by Crippen LogP contribution is 2.34. The summed E-state index contributed by atoms with van der Waals surface area (Å²) in [6.45, 7) is 3.61. The van der Waals surface area contributed by atoms with Crippen LogP contribution in [0.4, 0.5) is 10.1 Å². The van der Waals surface area contributed by atoms with Gasteiger partial charge in [-0.2, -0.15) is 0 Å². The van der Waals surface area contributed by atoms with E-state index in [0.29, 0.717) is 46.7 Å². The molecule has 0 radical (unpaired) electrons. The molecule has 2 aromatic rings. The molecule has 3 atom stereocenters. The van der Waals surface area contributed by atoms with Crippen LogP contribution in [0, 0.1) is 25.6 Å². The number of rotatable bonds is 9. The van der Waals surface area contributed by atoms with Crippen LogP contribution in [-0.4, -0.2) is 80.7 Å². The maximum absolute atomic E-state index is 13.8. The number of carboxylic acid groups (broad SMARTS) is 1. The number of carboxylic acids is 1. The van der Waals surface area contributed by atoms with E-state index in [9.17, 15) is 33.8 Å². The molecular weight excluding hydrogens is 511 g/mol. The van der Waals surface area contributed by atoms with E-state index < -0.39 is 35.8 Å². The molecule has 1 aromatic heterocycles. The van der Waals surface area contributed by atoms with Crippen LogP contribution < -0.4 is 10.6 Å². The highest BCUT2D eigenvalue weighted by molar-refractivity contribution is 6.34. The van der Waals surface area contributed by atoms with Crippen LogP contribution in [0.5, 0.6) is 0 Å². The Hall–Kier alpha value is -4.03. The summed E-state index contributed by atoms with van der Waals surface area (Å²) in [5, 5.41) is 34.9. The van der Waals surface area contributed by atoms with Crippen molar-refractivity contribution >= 4 is 41.0 Å². The van der Waals surface area contributed by atoms with Gasteiger partial charge in [-0.25, -0.2) is 4.39 Å². The van der Waals surface area contributed by atoms with Crippen molar-refractivity contribution in [3.63, 3.8) is 0 Å². The summed E-state index contributed by atoms with van der Waals surface area (Å²) in [4.78, 5) is 53.2. The van der Waals surface area contributed by atoms with E-state index in [1.54, 1.807) is 19.9 Å². The first-order chi connectivity index (χ1) is 18.4. The number of aromatic nitrogens is 1. The van der Waals surface area contributed by atoms with Gasteiger partial charge in [0.2, 0.25) is 5.91 Å². The molecule has 1 unspecified atom stereocenters. The van der Waals surface area contributed by atoms with E-state index in [1.807, 2.05) is 0 Å². The average Bonchev–Trinajstić information content (AvgIpc) is 3.55. The molecule has 3 amide bonds. The number of amides is 3. The lowest BCUT2D eigenvalue weighted by Gasteiger charge is -2.20. The van der Waals surface area contributed by atoms with Gasteiger partial charge in [0.05, 0.1) is 35.7 Å². The summed E-state index contributed by atoms with van der Waals surface area (Å²) in [5.41, 5.74) is 3.08. The first kappa shape index (κ1) is 28.0. The minimum absolute atomic E-state index is 0.0988. The quantitative estimate of drug-likeness (QED) is 0.260. The summed E-state index contributed by atoms with van der Waals surface area (Å²) >= 11 is 0. The van der Waals surface area contributed by atoms with Gasteiger partial charge in [-0.3, -0.25) is 19.2 Å². The maximum atomic E-state index is 13.8. The smallest absolute Gasteiger partial charge is 0.308 e. The second-order valence-electron chi connectivity index (χ2n) is 9.99. The van der Waals surface area contributed by atoms with Crippen molar-refractivity contribution in [2.24, 2.45) is 5.92 Å². The number of halogens is 1. The molecule has 0 bridgehead atoms. The van der Waals surface area contributed by atoms with Gasteiger partial charge >= 0.3 is 5.97 Å². The van der Waals surface area contributed by atoms with Crippen LogP contribution in [0.3, 0.4) is 0 Å². The zero-order valence-corrected chi connectivity index (χ0v) is 21.6. The second kappa shape index (κ2) is 11.4. The Bertz CT molecular complexity index is 1350. The Balaban J connectivity index is 1.34. The lowest BCUT2D eigenvalue weighted by molar-refractivity contribution is -0.141. The molecule has 39 heavy (non-hydrogen) atoms. The molecule has 11 nitrogen and oxygen atoms in total. The molecule has 0 spiro atoms. The van der Waals surface area contributed by atoms with E-state index in [4.69, 9.17) is 5.11 Å². The van der Waals surface area contributed by atoms with E-state index in [0.717, 1.165) is 0 Å². The number of likely N-dealkylation sites (tertiary alicyclic amines) is 1. The number of aliphatic hydroxyl groups excluding tert-OH is 2. The number of aliphatic hydroxyl groups is 2. The number of carbonyl (C=O) groups excluding carboxylic acids is 3. The molecule has 1 aromatic carbocycles. The number of hydrogen-bond donors (Lipinski definition) is 6. The molecule has 0 saturated carbocycles. The number of hydrogen-bond acceptors (Lipinski definition) is 6. The summed E-state index contributed by atoms with van der Waals surface area (Å²) in [7, 11) is 0. The number of aromatic amines is 1. The maximum Gasteiger partial charge on any atom is 0.308 e. The number of aliphatic carboxylic acids is 1. The summed E-state index contributed by atoms with van der Waals surface area (Å²) in [5.74, 6) is -3.30. The van der Waals surface area contributed by atoms with Crippen molar-refractivity contribution in [2.75, 3.05) is 25.0 Å². The minimum Gasteiger partial charge on any atom is -0.481 e. The Morgan fingerprint density at radius 3 is 2.67 bits per heavy atom. The number of fused-ring (bicyclic) bond motifs is 1. The van der Waals surface area contributed by atoms with Crippen LogP contribution in [0.15, 0.2) is 18.2 Å². The fourth-order valence-electron chi connectivity index (χ4n) is 5.01. The predicted molar refractivity (Wildman–Crippen MR) is 139 cm³/mol. The molecule has 6 N–H and O–H groups in total. The number of carbonyl (C=O) groups is 4. The third-order valence-corrected chi connectivity index (χ3v) is 7.10. The zero-order chi connectivity index (χ0) is 28.4. The Morgan fingerprint density at radius 2 is 1.97 bits per heavy atom. The van der Waals surface area contributed by atoms with E-state index >= 15 is 0 Å². The van der Waals surface area contributed by atoms with E-state index in [-0.39, 0.29) is 43.3 Å². The van der Waals surface area contributed by atoms with Gasteiger partial charge in [0.1, 0.15) is 5.82 Å². The van der Waals surface area contributed by atoms with Gasteiger partial charge in [0.25, 0.3) is 11.8 Å². The lowest BCUT2D eigenvalue weighted by Crippen LogP contribution is -2.36. The van der Waals surface area contributed by atoms with Gasteiger partial charge in [-0.05, 0) is 50.1 Å². The summed E-state index contributed by atoms with van der Waals surface area (Å²) in [6.07, 6.45) is -0.783. The van der Waals surface area contributed by atoms with Gasteiger partial charge in [-0.15, -0.1) is 0 Å². The normalized spacial score (nSPS) is 19.1. The molecular formula is C27H31FN4O7. The molecule has 3 heterocycles. The second-order valence-corrected chi connectivity index (χ2v) is 9.99. The van der Waals surface area contributed by atoms with Crippen LogP contribution >= 0.6 is 0 Å². The minimum atomic E-state index is -1.16. The number of nitrogens with zero attached hydrogens (tertiary/aromatic N) is 1. The topological polar surface area (TPSA) is 172 Å². The molecule has 12 heteroatoms. The predicted octanol–water partition coefficient (Wildman–Crippen LogP) is 1.43. The first-order valence-electron chi connectivity index (χ1n) is 12.6. The SMILES string of the molecule is Cc1[nH]c(/C=C2\C(=O)Nc3ccc(F)cc32)c(C)c1C(=O)NC[C@@H](O)C[C@@H](O)CC(=O)N1CCC(C(=O)O)C1. The summed E-state index contributed by atoms with van der Waals surface area (Å²) < 4.78 is 13.8. The lowest BCUT2D eigenvalue weighted by atomic mass is 10.0. The number of anilines is 1. The Kier molecular flexibility index (Phi) is 8.17. The van der Waals surface area contributed by atoms with Gasteiger partial charge in [-0.1, -0.05) is 0 Å². The van der Waals surface area contributed by atoms with E-state index in [2.05, 4.69) is 15.6 Å². The molecule has 1 saturated heterocycles. The van der Waals surface area contributed by atoms with Gasteiger partial charge < -0.3 is 35.8 Å². The fourth-order valence-corrected chi connectivity index (χ4v) is 5.01. The van der Waals surface area contributed by atoms with Crippen molar-refractivity contribution in [2.45, 2.75) is 45.3 Å². The van der Waals surface area contributed by atoms with Crippen molar-refractivity contribution < 1.29 is 38.9 Å². The van der Waals surface area contributed by atoms with Crippen LogP contribution in [0.25, 0.3) is 11.6 Å². The highest BCUT2D eigenvalue weighted by atomic mass is 19.1. The molecule has 208 valence electrons. The fraction of sp³-hybridized carbons (Fsp3) is 0.407. The molecule has 2 aliphatic rings. The van der Waals surface area contributed by atoms with Crippen molar-refractivity contribution in [1.29, 1.82) is 0 Å². The number of aryl methyl sites for hydroxylation is 1. The molecule has 4 rings (SSSR count). The third kappa shape index (κ3) is 6.18.